The number of aliphatic hydroxyl groups excluding tert-OH is 1. The van der Waals surface area contributed by atoms with Crippen molar-refractivity contribution in [2.75, 3.05) is 6.61 Å². The van der Waals surface area contributed by atoms with E-state index < -0.39 is 18.1 Å². The average molecular weight is 301 g/mol. The second-order valence-electron chi connectivity index (χ2n) is 6.62. The molecule has 1 aromatic carbocycles. The quantitative estimate of drug-likeness (QED) is 0.921. The van der Waals surface area contributed by atoms with E-state index in [1.54, 1.807) is 0 Å². The first-order chi connectivity index (χ1) is 10.6. The van der Waals surface area contributed by atoms with Gasteiger partial charge in [0.05, 0.1) is 18.1 Å². The van der Waals surface area contributed by atoms with Gasteiger partial charge in [0.2, 0.25) is 5.91 Å². The van der Waals surface area contributed by atoms with Crippen molar-refractivity contribution in [2.24, 2.45) is 17.8 Å². The van der Waals surface area contributed by atoms with Crippen LogP contribution in [0.25, 0.3) is 0 Å². The van der Waals surface area contributed by atoms with Gasteiger partial charge in [0, 0.05) is 0 Å². The number of aliphatic hydroxyl groups is 1. The van der Waals surface area contributed by atoms with Gasteiger partial charge in [0.15, 0.2) is 0 Å². The van der Waals surface area contributed by atoms with Crippen molar-refractivity contribution in [3.05, 3.63) is 35.9 Å². The monoisotopic (exact) mass is 301 g/mol. The highest BCUT2D eigenvalue weighted by Crippen LogP contribution is 2.55. The largest absolute Gasteiger partial charge is 0.447 e. The van der Waals surface area contributed by atoms with Crippen molar-refractivity contribution < 1.29 is 19.4 Å². The molecule has 0 bridgehead atoms. The Kier molecular flexibility index (Phi) is 3.18. The molecule has 22 heavy (non-hydrogen) atoms. The molecule has 0 spiro atoms. The minimum Gasteiger partial charge on any atom is -0.447 e. The van der Waals surface area contributed by atoms with Crippen LogP contribution in [0.2, 0.25) is 0 Å². The molecular formula is C17H19NO4. The summed E-state index contributed by atoms with van der Waals surface area (Å²) in [5, 5.41) is 10.2. The van der Waals surface area contributed by atoms with Gasteiger partial charge in [-0.15, -0.1) is 0 Å². The normalized spacial score (nSPS) is 36.1. The molecule has 1 heterocycles. The van der Waals surface area contributed by atoms with Gasteiger partial charge in [0.25, 0.3) is 0 Å². The van der Waals surface area contributed by atoms with E-state index in [9.17, 15) is 14.7 Å². The third-order valence-corrected chi connectivity index (χ3v) is 5.21. The summed E-state index contributed by atoms with van der Waals surface area (Å²) in [5.41, 5.74) is 1.07. The molecule has 0 aromatic heterocycles. The number of rotatable bonds is 3. The second-order valence-corrected chi connectivity index (χ2v) is 6.62. The molecule has 5 nitrogen and oxygen atoms in total. The van der Waals surface area contributed by atoms with Gasteiger partial charge in [-0.05, 0) is 36.7 Å². The highest BCUT2D eigenvalue weighted by Gasteiger charge is 2.57. The van der Waals surface area contributed by atoms with E-state index in [2.05, 4.69) is 0 Å². The molecule has 1 saturated heterocycles. The van der Waals surface area contributed by atoms with Crippen LogP contribution in [0.1, 0.15) is 18.4 Å². The van der Waals surface area contributed by atoms with E-state index in [4.69, 9.17) is 4.74 Å². The third-order valence-electron chi connectivity index (χ3n) is 5.21. The molecule has 2 amide bonds. The Balaban J connectivity index is 1.50. The van der Waals surface area contributed by atoms with Crippen LogP contribution >= 0.6 is 0 Å². The fourth-order valence-corrected chi connectivity index (χ4v) is 3.92. The topological polar surface area (TPSA) is 66.8 Å². The van der Waals surface area contributed by atoms with Crippen LogP contribution < -0.4 is 0 Å². The molecule has 4 rings (SSSR count). The zero-order valence-corrected chi connectivity index (χ0v) is 12.2. The van der Waals surface area contributed by atoms with Crippen LogP contribution in [0.15, 0.2) is 30.3 Å². The first kappa shape index (κ1) is 13.8. The SMILES string of the molecule is O=C1OCC(Cc2ccccc2)N1C(=O)[C@H]1C[C@@H]2C[C@@H]2[C@@H]1O. The highest BCUT2D eigenvalue weighted by atomic mass is 16.6. The summed E-state index contributed by atoms with van der Waals surface area (Å²) in [6.07, 6.45) is 1.14. The number of nitrogens with zero attached hydrogens (tertiary/aromatic N) is 1. The number of cyclic esters (lactones) is 1. The molecule has 1 aromatic rings. The Morgan fingerprint density at radius 3 is 2.73 bits per heavy atom. The number of ether oxygens (including phenoxy) is 1. The molecule has 2 saturated carbocycles. The maximum absolute atomic E-state index is 12.7. The Morgan fingerprint density at radius 2 is 2.05 bits per heavy atom. The molecule has 1 N–H and O–H groups in total. The van der Waals surface area contributed by atoms with Crippen LogP contribution in [0, 0.1) is 17.8 Å². The lowest BCUT2D eigenvalue weighted by atomic mass is 9.97. The van der Waals surface area contributed by atoms with E-state index >= 15 is 0 Å². The summed E-state index contributed by atoms with van der Waals surface area (Å²) in [5.74, 6) is 0.0334. The second kappa shape index (κ2) is 5.09. The molecule has 1 aliphatic heterocycles. The number of fused-ring (bicyclic) bond motifs is 1. The number of carbonyl (C=O) groups is 2. The molecule has 116 valence electrons. The van der Waals surface area contributed by atoms with Gasteiger partial charge in [-0.2, -0.15) is 0 Å². The minimum atomic E-state index is -0.594. The van der Waals surface area contributed by atoms with Crippen LogP contribution in [0.3, 0.4) is 0 Å². The fraction of sp³-hybridized carbons (Fsp3) is 0.529. The standard InChI is InChI=1S/C17H19NO4/c19-15-13-7-11(13)8-14(15)16(20)18-12(9-22-17(18)21)6-10-4-2-1-3-5-10/h1-5,11-15,19H,6-9H2/t11-,12?,13-,14-,15-/m0/s1. The van der Waals surface area contributed by atoms with Gasteiger partial charge >= 0.3 is 6.09 Å². The lowest BCUT2D eigenvalue weighted by Gasteiger charge is -2.25. The summed E-state index contributed by atoms with van der Waals surface area (Å²) in [6.45, 7) is 0.231. The van der Waals surface area contributed by atoms with Crippen LogP contribution in [-0.2, 0) is 16.0 Å². The zero-order chi connectivity index (χ0) is 15.3. The predicted molar refractivity (Wildman–Crippen MR) is 77.8 cm³/mol. The van der Waals surface area contributed by atoms with Crippen molar-refractivity contribution in [1.82, 2.24) is 4.90 Å². The van der Waals surface area contributed by atoms with Crippen LogP contribution in [0.4, 0.5) is 4.79 Å². The molecule has 5 atom stereocenters. The van der Waals surface area contributed by atoms with Gasteiger partial charge in [-0.25, -0.2) is 9.69 Å². The number of hydrogen-bond acceptors (Lipinski definition) is 4. The first-order valence-electron chi connectivity index (χ1n) is 7.87. The van der Waals surface area contributed by atoms with Crippen LogP contribution in [0.5, 0.6) is 0 Å². The van der Waals surface area contributed by atoms with Crippen molar-refractivity contribution in [1.29, 1.82) is 0 Å². The molecule has 3 fully saturated rings. The van der Waals surface area contributed by atoms with Gasteiger partial charge in [-0.1, -0.05) is 30.3 Å². The highest BCUT2D eigenvalue weighted by molar-refractivity contribution is 5.95. The molecule has 5 heteroatoms. The number of amides is 2. The molecule has 1 unspecified atom stereocenters. The summed E-state index contributed by atoms with van der Waals surface area (Å²) < 4.78 is 5.09. The summed E-state index contributed by atoms with van der Waals surface area (Å²) in [4.78, 5) is 25.9. The van der Waals surface area contributed by atoms with E-state index in [0.29, 0.717) is 18.8 Å². The molecule has 3 aliphatic rings. The molecule has 2 aliphatic carbocycles. The Hall–Kier alpha value is -1.88. The van der Waals surface area contributed by atoms with Crippen molar-refractivity contribution in [3.63, 3.8) is 0 Å². The Bertz CT molecular complexity index is 602. The summed E-state index contributed by atoms with van der Waals surface area (Å²) in [6, 6.07) is 9.49. The number of carbonyl (C=O) groups excluding carboxylic acids is 2. The molecule has 0 radical (unpaired) electrons. The van der Waals surface area contributed by atoms with E-state index in [1.807, 2.05) is 30.3 Å². The van der Waals surface area contributed by atoms with Crippen molar-refractivity contribution in [3.8, 4) is 0 Å². The van der Waals surface area contributed by atoms with Gasteiger partial charge < -0.3 is 9.84 Å². The Labute approximate surface area is 128 Å². The van der Waals surface area contributed by atoms with Crippen molar-refractivity contribution in [2.45, 2.75) is 31.4 Å². The maximum Gasteiger partial charge on any atom is 0.416 e. The van der Waals surface area contributed by atoms with Crippen LogP contribution in [-0.4, -0.2) is 40.8 Å². The number of imide groups is 1. The van der Waals surface area contributed by atoms with Gasteiger partial charge in [0.1, 0.15) is 6.61 Å². The first-order valence-corrected chi connectivity index (χ1v) is 7.87. The average Bonchev–Trinajstić information content (AvgIpc) is 3.11. The fourth-order valence-electron chi connectivity index (χ4n) is 3.92. The predicted octanol–water partition coefficient (Wildman–Crippen LogP) is 1.59. The number of benzene rings is 1. The third kappa shape index (κ3) is 2.20. The Morgan fingerprint density at radius 1 is 1.27 bits per heavy atom. The zero-order valence-electron chi connectivity index (χ0n) is 12.2. The van der Waals surface area contributed by atoms with E-state index in [0.717, 1.165) is 12.0 Å². The summed E-state index contributed by atoms with van der Waals surface area (Å²) >= 11 is 0. The van der Waals surface area contributed by atoms with Crippen molar-refractivity contribution >= 4 is 12.0 Å². The molecular weight excluding hydrogens is 282 g/mol. The lowest BCUT2D eigenvalue weighted by molar-refractivity contribution is -0.136. The van der Waals surface area contributed by atoms with Gasteiger partial charge in [-0.3, -0.25) is 4.79 Å². The summed E-state index contributed by atoms with van der Waals surface area (Å²) in [7, 11) is 0. The lowest BCUT2D eigenvalue weighted by Crippen LogP contribution is -2.46. The van der Waals surface area contributed by atoms with E-state index in [-0.39, 0.29) is 24.5 Å². The number of hydrogen-bond donors (Lipinski definition) is 1. The minimum absolute atomic E-state index is 0.231. The van der Waals surface area contributed by atoms with E-state index in [1.165, 1.54) is 4.90 Å². The maximum atomic E-state index is 12.7. The smallest absolute Gasteiger partial charge is 0.416 e.